The fourth-order valence-corrected chi connectivity index (χ4v) is 4.99. The van der Waals surface area contributed by atoms with Crippen LogP contribution >= 0.6 is 23.2 Å². The third kappa shape index (κ3) is 7.23. The van der Waals surface area contributed by atoms with Gasteiger partial charge in [0.2, 0.25) is 0 Å². The summed E-state index contributed by atoms with van der Waals surface area (Å²) in [6, 6.07) is 12.5. The maximum Gasteiger partial charge on any atom is 0.271 e. The van der Waals surface area contributed by atoms with Crippen molar-refractivity contribution in [3.63, 3.8) is 0 Å². The molecule has 4 heterocycles. The van der Waals surface area contributed by atoms with Gasteiger partial charge in [-0.1, -0.05) is 23.2 Å². The number of hydrogen-bond donors (Lipinski definition) is 3. The quantitative estimate of drug-likeness (QED) is 0.237. The molecule has 1 aromatic carbocycles. The number of carbonyl (C=O) groups is 1. The number of pyridine rings is 1. The molecule has 0 aliphatic carbocycles. The number of anilines is 2. The molecule has 1 saturated heterocycles. The van der Waals surface area contributed by atoms with Gasteiger partial charge in [0.25, 0.3) is 5.91 Å². The van der Waals surface area contributed by atoms with Gasteiger partial charge in [0.15, 0.2) is 11.5 Å². The van der Waals surface area contributed by atoms with Gasteiger partial charge in [-0.2, -0.15) is 10.4 Å². The zero-order chi connectivity index (χ0) is 28.8. The molecule has 1 fully saturated rings. The summed E-state index contributed by atoms with van der Waals surface area (Å²) in [7, 11) is 2.12. The maximum absolute atomic E-state index is 13.0. The molecule has 212 valence electrons. The molecule has 1 aliphatic heterocycles. The second kappa shape index (κ2) is 13.1. The lowest BCUT2D eigenvalue weighted by Crippen LogP contribution is -2.46. The molecule has 1 amide bonds. The molecule has 0 radical (unpaired) electrons. The molecule has 0 atom stereocenters. The van der Waals surface area contributed by atoms with Crippen LogP contribution in [0.15, 0.2) is 48.8 Å². The van der Waals surface area contributed by atoms with Gasteiger partial charge in [-0.05, 0) is 37.4 Å². The SMILES string of the molecule is CN1CCN(CCNC(=O)c2cc3c(NCCNc4ccc(C#N)cn4)nc(-c4ccc(Cl)cc4Cl)cn3n2)CC1. The lowest BCUT2D eigenvalue weighted by Gasteiger charge is -2.32. The van der Waals surface area contributed by atoms with E-state index in [2.05, 4.69) is 48.9 Å². The van der Waals surface area contributed by atoms with E-state index in [1.807, 2.05) is 0 Å². The number of benzene rings is 1. The van der Waals surface area contributed by atoms with Crippen LogP contribution in [0.4, 0.5) is 11.6 Å². The lowest BCUT2D eigenvalue weighted by atomic mass is 10.1. The third-order valence-electron chi connectivity index (χ3n) is 6.82. The number of piperazine rings is 1. The molecular weight excluding hydrogens is 563 g/mol. The van der Waals surface area contributed by atoms with E-state index in [1.165, 1.54) is 6.20 Å². The van der Waals surface area contributed by atoms with Crippen LogP contribution < -0.4 is 16.0 Å². The van der Waals surface area contributed by atoms with Crippen LogP contribution in [0.2, 0.25) is 10.0 Å². The fraction of sp³-hybridized carbons (Fsp3) is 0.321. The summed E-state index contributed by atoms with van der Waals surface area (Å²) in [4.78, 5) is 26.7. The first-order valence-electron chi connectivity index (χ1n) is 13.3. The third-order valence-corrected chi connectivity index (χ3v) is 7.37. The number of hydrogen-bond acceptors (Lipinski definition) is 9. The largest absolute Gasteiger partial charge is 0.368 e. The lowest BCUT2D eigenvalue weighted by molar-refractivity contribution is 0.0935. The van der Waals surface area contributed by atoms with Crippen molar-refractivity contribution < 1.29 is 4.79 Å². The van der Waals surface area contributed by atoms with E-state index >= 15 is 0 Å². The van der Waals surface area contributed by atoms with Crippen LogP contribution in [0.5, 0.6) is 0 Å². The average molecular weight is 594 g/mol. The Bertz CT molecular complexity index is 1560. The first-order valence-corrected chi connectivity index (χ1v) is 14.0. The van der Waals surface area contributed by atoms with Crippen molar-refractivity contribution >= 4 is 46.3 Å². The first kappa shape index (κ1) is 28.6. The van der Waals surface area contributed by atoms with Crippen molar-refractivity contribution in [2.45, 2.75) is 0 Å². The molecular formula is C28H30Cl2N10O. The number of rotatable bonds is 10. The Morgan fingerprint density at radius 1 is 1.05 bits per heavy atom. The number of halogens is 2. The van der Waals surface area contributed by atoms with Gasteiger partial charge in [0.1, 0.15) is 17.4 Å². The van der Waals surface area contributed by atoms with Gasteiger partial charge < -0.3 is 20.9 Å². The predicted molar refractivity (Wildman–Crippen MR) is 161 cm³/mol. The molecule has 1 aliphatic rings. The van der Waals surface area contributed by atoms with Crippen molar-refractivity contribution in [1.29, 1.82) is 5.26 Å². The van der Waals surface area contributed by atoms with Crippen molar-refractivity contribution in [3.05, 3.63) is 70.1 Å². The number of fused-ring (bicyclic) bond motifs is 1. The first-order chi connectivity index (χ1) is 19.9. The normalized spacial score (nSPS) is 14.1. The molecule has 0 spiro atoms. The molecule has 41 heavy (non-hydrogen) atoms. The Labute approximate surface area is 248 Å². The minimum atomic E-state index is -0.242. The Kier molecular flexibility index (Phi) is 9.16. The Balaban J connectivity index is 1.31. The van der Waals surface area contributed by atoms with Crippen LogP contribution in [0.1, 0.15) is 16.1 Å². The van der Waals surface area contributed by atoms with Gasteiger partial charge in [-0.25, -0.2) is 14.5 Å². The van der Waals surface area contributed by atoms with Crippen molar-refractivity contribution in [2.75, 3.05) is 70.0 Å². The van der Waals surface area contributed by atoms with Gasteiger partial charge >= 0.3 is 0 Å². The number of likely N-dealkylation sites (N-methyl/N-ethyl adjacent to an activating group) is 1. The second-order valence-corrected chi connectivity index (χ2v) is 10.6. The Morgan fingerprint density at radius 3 is 2.59 bits per heavy atom. The fourth-order valence-electron chi connectivity index (χ4n) is 4.49. The van der Waals surface area contributed by atoms with E-state index in [9.17, 15) is 4.79 Å². The van der Waals surface area contributed by atoms with Crippen LogP contribution in [0.3, 0.4) is 0 Å². The van der Waals surface area contributed by atoms with Crippen LogP contribution in [-0.2, 0) is 0 Å². The Morgan fingerprint density at radius 2 is 1.85 bits per heavy atom. The van der Waals surface area contributed by atoms with E-state index in [0.29, 0.717) is 69.3 Å². The molecule has 13 heteroatoms. The summed E-state index contributed by atoms with van der Waals surface area (Å²) in [5.41, 5.74) is 2.72. The van der Waals surface area contributed by atoms with Crippen molar-refractivity contribution in [2.24, 2.45) is 0 Å². The van der Waals surface area contributed by atoms with Crippen LogP contribution in [-0.4, -0.2) is 94.7 Å². The molecule has 3 N–H and O–H groups in total. The van der Waals surface area contributed by atoms with Crippen LogP contribution in [0.25, 0.3) is 16.8 Å². The minimum absolute atomic E-state index is 0.242. The van der Waals surface area contributed by atoms with E-state index in [-0.39, 0.29) is 5.91 Å². The van der Waals surface area contributed by atoms with E-state index in [0.717, 1.165) is 32.7 Å². The standard InChI is InChI=1S/C28H30Cl2N10O/c1-38-10-12-39(13-11-38)9-8-34-28(41)23-15-25-27(33-7-6-32-26-5-2-19(16-31)17-35-26)36-24(18-40(25)37-23)21-4-3-20(29)14-22(21)30/h2-5,14-15,17-18H,6-13H2,1H3,(H,32,35)(H,33,36)(H,34,41). The van der Waals surface area contributed by atoms with Gasteiger partial charge in [0.05, 0.1) is 22.5 Å². The topological polar surface area (TPSA) is 127 Å². The van der Waals surface area contributed by atoms with E-state index < -0.39 is 0 Å². The number of nitrogens with zero attached hydrogens (tertiary/aromatic N) is 7. The maximum atomic E-state index is 13.0. The summed E-state index contributed by atoms with van der Waals surface area (Å²) >= 11 is 12.6. The smallest absolute Gasteiger partial charge is 0.271 e. The van der Waals surface area contributed by atoms with Crippen molar-refractivity contribution in [1.82, 2.24) is 34.7 Å². The average Bonchev–Trinajstić information content (AvgIpc) is 3.41. The highest BCUT2D eigenvalue weighted by atomic mass is 35.5. The van der Waals surface area contributed by atoms with E-state index in [4.69, 9.17) is 33.4 Å². The Hall–Kier alpha value is -3.95. The highest BCUT2D eigenvalue weighted by Gasteiger charge is 2.18. The summed E-state index contributed by atoms with van der Waals surface area (Å²) in [5, 5.41) is 24.0. The summed E-state index contributed by atoms with van der Waals surface area (Å²) in [5.74, 6) is 0.964. The van der Waals surface area contributed by atoms with Gasteiger partial charge in [0, 0.05) is 75.2 Å². The van der Waals surface area contributed by atoms with E-state index in [1.54, 1.807) is 47.1 Å². The predicted octanol–water partition coefficient (Wildman–Crippen LogP) is 3.47. The highest BCUT2D eigenvalue weighted by Crippen LogP contribution is 2.31. The molecule has 0 bridgehead atoms. The summed E-state index contributed by atoms with van der Waals surface area (Å²) in [6.07, 6.45) is 3.26. The zero-order valence-corrected chi connectivity index (χ0v) is 24.1. The van der Waals surface area contributed by atoms with Crippen LogP contribution in [0, 0.1) is 11.3 Å². The minimum Gasteiger partial charge on any atom is -0.368 e. The highest BCUT2D eigenvalue weighted by molar-refractivity contribution is 6.36. The second-order valence-electron chi connectivity index (χ2n) is 9.76. The molecule has 5 rings (SSSR count). The summed E-state index contributed by atoms with van der Waals surface area (Å²) in [6.45, 7) is 6.42. The zero-order valence-electron chi connectivity index (χ0n) is 22.6. The molecule has 3 aromatic heterocycles. The molecule has 4 aromatic rings. The number of amides is 1. The number of carbonyl (C=O) groups excluding carboxylic acids is 1. The summed E-state index contributed by atoms with van der Waals surface area (Å²) < 4.78 is 1.64. The molecule has 0 unspecified atom stereocenters. The van der Waals surface area contributed by atoms with Gasteiger partial charge in [-0.15, -0.1) is 0 Å². The van der Waals surface area contributed by atoms with Gasteiger partial charge in [-0.3, -0.25) is 9.69 Å². The van der Waals surface area contributed by atoms with Crippen molar-refractivity contribution in [3.8, 4) is 17.3 Å². The number of nitrogens with one attached hydrogen (secondary N) is 3. The molecule has 11 nitrogen and oxygen atoms in total. The number of nitriles is 1. The monoisotopic (exact) mass is 592 g/mol. The number of aromatic nitrogens is 4. The molecule has 0 saturated carbocycles.